The van der Waals surface area contributed by atoms with Crippen molar-refractivity contribution in [2.75, 3.05) is 27.4 Å². The van der Waals surface area contributed by atoms with Crippen LogP contribution in [0.15, 0.2) is 67.8 Å². The second kappa shape index (κ2) is 20.7. The molecule has 1 aliphatic rings. The van der Waals surface area contributed by atoms with Crippen molar-refractivity contribution < 1.29 is 62.5 Å². The van der Waals surface area contributed by atoms with Gasteiger partial charge in [-0.15, -0.1) is 0 Å². The van der Waals surface area contributed by atoms with Crippen molar-refractivity contribution in [1.29, 1.82) is 0 Å². The molecule has 212 valence electrons. The minimum atomic E-state index is -4.55. The molecule has 1 aliphatic heterocycles. The van der Waals surface area contributed by atoms with Gasteiger partial charge in [0.05, 0.1) is 23.8 Å². The van der Waals surface area contributed by atoms with E-state index in [1.165, 1.54) is 51.3 Å². The van der Waals surface area contributed by atoms with Gasteiger partial charge in [0.2, 0.25) is 0 Å². The van der Waals surface area contributed by atoms with Gasteiger partial charge in [-0.05, 0) is 37.1 Å². The van der Waals surface area contributed by atoms with E-state index in [1.54, 1.807) is 0 Å². The molecule has 0 N–H and O–H groups in total. The number of halogens is 7. The van der Waals surface area contributed by atoms with Gasteiger partial charge in [-0.1, -0.05) is 36.9 Å². The SMILES string of the molecule is C1CCOC1.C=CC(=O)c1ccccc1C(F)(F)F.CON(C)C(=O)c1ccccc1C(F)(F)F.[Br-].[CH-]=C.[Mg+2]. The van der Waals surface area contributed by atoms with Crippen LogP contribution in [0.5, 0.6) is 0 Å². The molecule has 0 aliphatic carbocycles. The van der Waals surface area contributed by atoms with Crippen molar-refractivity contribution in [2.45, 2.75) is 25.2 Å². The zero-order valence-corrected chi connectivity index (χ0v) is 24.4. The maximum absolute atomic E-state index is 12.6. The van der Waals surface area contributed by atoms with E-state index in [-0.39, 0.29) is 45.6 Å². The Hall–Kier alpha value is -2.19. The standard InChI is InChI=1S/C10H10F3NO2.C10H7F3O.C4H8O.C2H3.BrH.Mg/c1-14(16-2)9(15)7-5-3-4-6-8(7)10(11,12)13;1-2-9(14)7-5-3-4-6-8(7)10(11,12)13;1-2-4-5-3-1;1-2;;/h3-6H,1-2H3;2-6H,1H2;1-4H2;1H,2H2;1H;/q;;;-1;;+2/p-1. The monoisotopic (exact) mass is 635 g/mol. The molecule has 2 aromatic rings. The Morgan fingerprint density at radius 2 is 1.28 bits per heavy atom. The van der Waals surface area contributed by atoms with E-state index in [0.29, 0.717) is 0 Å². The molecule has 0 saturated carbocycles. The number of amides is 1. The summed E-state index contributed by atoms with van der Waals surface area (Å²) in [6, 6.07) is 9.19. The zero-order valence-electron chi connectivity index (χ0n) is 21.4. The van der Waals surface area contributed by atoms with Crippen molar-refractivity contribution in [2.24, 2.45) is 0 Å². The first-order valence-corrected chi connectivity index (χ1v) is 10.6. The fourth-order valence-electron chi connectivity index (χ4n) is 2.73. The maximum Gasteiger partial charge on any atom is 2.00 e. The Morgan fingerprint density at radius 3 is 1.62 bits per heavy atom. The molecule has 0 spiro atoms. The Bertz CT molecular complexity index is 1010. The van der Waals surface area contributed by atoms with E-state index in [1.807, 2.05) is 0 Å². The van der Waals surface area contributed by atoms with Crippen molar-refractivity contribution in [3.8, 4) is 0 Å². The first-order valence-electron chi connectivity index (χ1n) is 10.6. The predicted molar refractivity (Wildman–Crippen MR) is 132 cm³/mol. The van der Waals surface area contributed by atoms with Gasteiger partial charge >= 0.3 is 35.4 Å². The summed E-state index contributed by atoms with van der Waals surface area (Å²) in [4.78, 5) is 27.2. The second-order valence-corrected chi connectivity index (χ2v) is 6.96. The summed E-state index contributed by atoms with van der Waals surface area (Å²) >= 11 is 0. The number of alkyl halides is 6. The Balaban J connectivity index is -0.000000515. The molecule has 1 heterocycles. The molecule has 1 saturated heterocycles. The molecule has 39 heavy (non-hydrogen) atoms. The summed E-state index contributed by atoms with van der Waals surface area (Å²) < 4.78 is 79.7. The number of ether oxygens (including phenoxy) is 1. The largest absolute Gasteiger partial charge is 2.00 e. The number of nitrogens with zero attached hydrogens (tertiary/aromatic N) is 1. The molecule has 0 unspecified atom stereocenters. The van der Waals surface area contributed by atoms with Crippen molar-refractivity contribution in [3.05, 3.63) is 96.6 Å². The van der Waals surface area contributed by atoms with Crippen LogP contribution in [-0.2, 0) is 21.9 Å². The number of hydrogen-bond acceptors (Lipinski definition) is 4. The van der Waals surface area contributed by atoms with Gasteiger partial charge in [-0.3, -0.25) is 21.0 Å². The average Bonchev–Trinajstić information content (AvgIpc) is 3.48. The number of hydrogen-bond donors (Lipinski definition) is 0. The summed E-state index contributed by atoms with van der Waals surface area (Å²) in [7, 11) is 2.45. The van der Waals surface area contributed by atoms with Crippen LogP contribution in [0.2, 0.25) is 0 Å². The average molecular weight is 637 g/mol. The van der Waals surface area contributed by atoms with Gasteiger partial charge in [0.1, 0.15) is 0 Å². The van der Waals surface area contributed by atoms with Crippen LogP contribution in [0.25, 0.3) is 0 Å². The normalized spacial score (nSPS) is 11.8. The van der Waals surface area contributed by atoms with Gasteiger partial charge in [0.25, 0.3) is 5.91 Å². The van der Waals surface area contributed by atoms with E-state index >= 15 is 0 Å². The van der Waals surface area contributed by atoms with Gasteiger partial charge in [-0.25, -0.2) is 5.06 Å². The molecule has 1 amide bonds. The quantitative estimate of drug-likeness (QED) is 0.129. The smallest absolute Gasteiger partial charge is 1.00 e. The van der Waals surface area contributed by atoms with Crippen LogP contribution in [0, 0.1) is 6.58 Å². The molecule has 0 radical (unpaired) electrons. The first-order chi connectivity index (χ1) is 17.3. The Kier molecular flexibility index (Phi) is 21.9. The third-order valence-electron chi connectivity index (χ3n) is 4.53. The number of hydroxylamine groups is 2. The van der Waals surface area contributed by atoms with Crippen LogP contribution in [0.1, 0.15) is 44.7 Å². The van der Waals surface area contributed by atoms with E-state index in [2.05, 4.69) is 24.6 Å². The topological polar surface area (TPSA) is 55.8 Å². The first kappa shape index (κ1) is 41.3. The van der Waals surface area contributed by atoms with Gasteiger partial charge in [-0.2, -0.15) is 26.3 Å². The fraction of sp³-hybridized carbons (Fsp3) is 0.308. The Morgan fingerprint density at radius 1 is 0.897 bits per heavy atom. The predicted octanol–water partition coefficient (Wildman–Crippen LogP) is 3.44. The number of ketones is 1. The maximum atomic E-state index is 12.6. The molecular formula is C26H28BrF6MgNO4. The molecule has 5 nitrogen and oxygen atoms in total. The number of allylic oxidation sites excluding steroid dienone is 1. The van der Waals surface area contributed by atoms with E-state index in [9.17, 15) is 35.9 Å². The molecule has 0 bridgehead atoms. The molecule has 13 heteroatoms. The van der Waals surface area contributed by atoms with Crippen LogP contribution in [-0.4, -0.2) is 67.2 Å². The Labute approximate surface area is 250 Å². The van der Waals surface area contributed by atoms with E-state index in [4.69, 9.17) is 4.74 Å². The molecule has 0 atom stereocenters. The minimum Gasteiger partial charge on any atom is -1.00 e. The molecule has 0 aromatic heterocycles. The van der Waals surface area contributed by atoms with E-state index in [0.717, 1.165) is 48.6 Å². The third-order valence-corrected chi connectivity index (χ3v) is 4.53. The van der Waals surface area contributed by atoms with E-state index < -0.39 is 40.7 Å². The van der Waals surface area contributed by atoms with Crippen LogP contribution in [0.3, 0.4) is 0 Å². The number of rotatable bonds is 4. The van der Waals surface area contributed by atoms with Crippen molar-refractivity contribution in [3.63, 3.8) is 0 Å². The number of carbonyl (C=O) groups excluding carboxylic acids is 2. The van der Waals surface area contributed by atoms with Crippen LogP contribution < -0.4 is 17.0 Å². The molecular weight excluding hydrogens is 608 g/mol. The van der Waals surface area contributed by atoms with Gasteiger partial charge in [0.15, 0.2) is 5.78 Å². The fourth-order valence-corrected chi connectivity index (χ4v) is 2.73. The van der Waals surface area contributed by atoms with Crippen LogP contribution in [0.4, 0.5) is 26.3 Å². The molecule has 3 rings (SSSR count). The minimum absolute atomic E-state index is 0. The summed E-state index contributed by atoms with van der Waals surface area (Å²) in [5.41, 5.74) is -2.69. The summed E-state index contributed by atoms with van der Waals surface area (Å²) in [6.45, 7) is 12.1. The molecule has 2 aromatic carbocycles. The summed E-state index contributed by atoms with van der Waals surface area (Å²) in [5, 5.41) is 0.741. The van der Waals surface area contributed by atoms with Crippen molar-refractivity contribution in [1.82, 2.24) is 5.06 Å². The number of carbonyl (C=O) groups is 2. The molecule has 1 fully saturated rings. The summed E-state index contributed by atoms with van der Waals surface area (Å²) in [5.74, 6) is -1.56. The number of benzene rings is 2. The van der Waals surface area contributed by atoms with Crippen molar-refractivity contribution >= 4 is 34.7 Å². The second-order valence-electron chi connectivity index (χ2n) is 6.96. The zero-order chi connectivity index (χ0) is 28.6. The van der Waals surface area contributed by atoms with Gasteiger partial charge < -0.3 is 28.3 Å². The van der Waals surface area contributed by atoms with Crippen LogP contribution >= 0.6 is 0 Å². The summed E-state index contributed by atoms with van der Waals surface area (Å²) in [6.07, 6.45) is -5.64. The van der Waals surface area contributed by atoms with Gasteiger partial charge in [0, 0.05) is 25.8 Å². The third kappa shape index (κ3) is 14.7.